The maximum Gasteiger partial charge on any atom is 0.0299 e. The Hall–Kier alpha value is -0.380. The lowest BCUT2D eigenvalue weighted by Crippen LogP contribution is -2.23. The van der Waals surface area contributed by atoms with Gasteiger partial charge in [0, 0.05) is 22.8 Å². The first kappa shape index (κ1) is 15.7. The Morgan fingerprint density at radius 1 is 1.22 bits per heavy atom. The van der Waals surface area contributed by atoms with E-state index in [0.717, 1.165) is 26.2 Å². The second kappa shape index (κ2) is 8.68. The summed E-state index contributed by atoms with van der Waals surface area (Å²) >= 11 is 1.95. The Bertz CT molecular complexity index is 333. The van der Waals surface area contributed by atoms with E-state index in [9.17, 15) is 0 Å². The van der Waals surface area contributed by atoms with E-state index in [1.165, 1.54) is 34.7 Å². The molecule has 1 N–H and O–H groups in total. The Balaban J connectivity index is 2.54. The van der Waals surface area contributed by atoms with Crippen molar-refractivity contribution in [3.05, 3.63) is 21.4 Å². The third-order valence-corrected chi connectivity index (χ3v) is 4.27. The lowest BCUT2D eigenvalue weighted by molar-refractivity contribution is 0.280. The topological polar surface area (TPSA) is 15.3 Å². The van der Waals surface area contributed by atoms with Crippen LogP contribution in [0.1, 0.15) is 48.9 Å². The van der Waals surface area contributed by atoms with Gasteiger partial charge < -0.3 is 5.32 Å². The summed E-state index contributed by atoms with van der Waals surface area (Å²) in [4.78, 5) is 5.49. The molecule has 0 unspecified atom stereocenters. The van der Waals surface area contributed by atoms with Gasteiger partial charge in [-0.05, 0) is 51.0 Å². The van der Waals surface area contributed by atoms with Gasteiger partial charge in [0.15, 0.2) is 0 Å². The molecule has 0 aliphatic carbocycles. The Morgan fingerprint density at radius 3 is 2.61 bits per heavy atom. The van der Waals surface area contributed by atoms with Crippen molar-refractivity contribution in [2.75, 3.05) is 19.6 Å². The van der Waals surface area contributed by atoms with Crippen molar-refractivity contribution in [3.63, 3.8) is 0 Å². The minimum Gasteiger partial charge on any atom is -0.312 e. The zero-order valence-corrected chi connectivity index (χ0v) is 13.2. The molecule has 0 aromatic carbocycles. The Morgan fingerprint density at radius 2 is 2.00 bits per heavy atom. The summed E-state index contributed by atoms with van der Waals surface area (Å²) in [5.74, 6) is 0. The third kappa shape index (κ3) is 5.09. The number of nitrogens with zero attached hydrogens (tertiary/aromatic N) is 1. The minimum absolute atomic E-state index is 1.03. The molecular formula is C15H28N2S. The van der Waals surface area contributed by atoms with E-state index in [-0.39, 0.29) is 0 Å². The van der Waals surface area contributed by atoms with Gasteiger partial charge in [0.1, 0.15) is 0 Å². The van der Waals surface area contributed by atoms with Crippen LogP contribution in [0.3, 0.4) is 0 Å². The van der Waals surface area contributed by atoms with E-state index in [1.807, 2.05) is 11.3 Å². The molecule has 0 saturated carbocycles. The molecule has 0 saturated heterocycles. The molecule has 18 heavy (non-hydrogen) atoms. The molecule has 0 bridgehead atoms. The van der Waals surface area contributed by atoms with Crippen molar-refractivity contribution in [1.29, 1.82) is 0 Å². The van der Waals surface area contributed by atoms with Crippen LogP contribution in [-0.4, -0.2) is 24.5 Å². The van der Waals surface area contributed by atoms with E-state index in [1.54, 1.807) is 0 Å². The Kier molecular flexibility index (Phi) is 7.56. The summed E-state index contributed by atoms with van der Waals surface area (Å²) in [6, 6.07) is 2.39. The highest BCUT2D eigenvalue weighted by molar-refractivity contribution is 7.12. The van der Waals surface area contributed by atoms with Gasteiger partial charge in [0.2, 0.25) is 0 Å². The average Bonchev–Trinajstić information content (AvgIpc) is 2.70. The highest BCUT2D eigenvalue weighted by Crippen LogP contribution is 2.23. The zero-order chi connectivity index (χ0) is 13.4. The van der Waals surface area contributed by atoms with Gasteiger partial charge in [-0.3, -0.25) is 4.90 Å². The van der Waals surface area contributed by atoms with Crippen molar-refractivity contribution < 1.29 is 0 Å². The van der Waals surface area contributed by atoms with Crippen molar-refractivity contribution in [2.45, 2.75) is 53.6 Å². The maximum absolute atomic E-state index is 3.48. The molecule has 0 aliphatic rings. The first-order valence-electron chi connectivity index (χ1n) is 7.22. The second-order valence-electron chi connectivity index (χ2n) is 4.84. The van der Waals surface area contributed by atoms with Crippen LogP contribution in [0.25, 0.3) is 0 Å². The van der Waals surface area contributed by atoms with Gasteiger partial charge >= 0.3 is 0 Å². The van der Waals surface area contributed by atoms with Crippen LogP contribution in [0, 0.1) is 6.92 Å². The van der Waals surface area contributed by atoms with Crippen LogP contribution in [0.5, 0.6) is 0 Å². The Labute approximate surface area is 116 Å². The fraction of sp³-hybridized carbons (Fsp3) is 0.733. The van der Waals surface area contributed by atoms with E-state index >= 15 is 0 Å². The van der Waals surface area contributed by atoms with Crippen molar-refractivity contribution in [3.8, 4) is 0 Å². The zero-order valence-electron chi connectivity index (χ0n) is 12.4. The standard InChI is InChI=1S/C15H28N2S/c1-5-8-16-11-15-10-14(13(4)18-15)12-17(7-3)9-6-2/h10,16H,5-9,11-12H2,1-4H3. The lowest BCUT2D eigenvalue weighted by atomic mass is 10.2. The van der Waals surface area contributed by atoms with Gasteiger partial charge in [-0.2, -0.15) is 0 Å². The van der Waals surface area contributed by atoms with Crippen molar-refractivity contribution >= 4 is 11.3 Å². The summed E-state index contributed by atoms with van der Waals surface area (Å²) in [7, 11) is 0. The van der Waals surface area contributed by atoms with Gasteiger partial charge in [-0.15, -0.1) is 11.3 Å². The maximum atomic E-state index is 3.48. The highest BCUT2D eigenvalue weighted by Gasteiger charge is 2.09. The average molecular weight is 268 g/mol. The van der Waals surface area contributed by atoms with Gasteiger partial charge in [0.25, 0.3) is 0 Å². The number of aryl methyl sites for hydroxylation is 1. The molecule has 1 heterocycles. The van der Waals surface area contributed by atoms with Gasteiger partial charge in [-0.25, -0.2) is 0 Å². The molecule has 0 amide bonds. The first-order chi connectivity index (χ1) is 8.71. The number of nitrogens with one attached hydrogen (secondary N) is 1. The molecule has 104 valence electrons. The molecule has 0 aliphatic heterocycles. The molecule has 0 fully saturated rings. The molecule has 1 aromatic heterocycles. The van der Waals surface area contributed by atoms with Crippen LogP contribution < -0.4 is 5.32 Å². The summed E-state index contributed by atoms with van der Waals surface area (Å²) < 4.78 is 0. The summed E-state index contributed by atoms with van der Waals surface area (Å²) in [5.41, 5.74) is 1.52. The van der Waals surface area contributed by atoms with Crippen LogP contribution >= 0.6 is 11.3 Å². The fourth-order valence-electron chi connectivity index (χ4n) is 2.13. The number of rotatable bonds is 9. The normalized spacial score (nSPS) is 11.4. The number of hydrogen-bond acceptors (Lipinski definition) is 3. The molecular weight excluding hydrogens is 240 g/mol. The molecule has 0 atom stereocenters. The predicted molar refractivity (Wildman–Crippen MR) is 82.3 cm³/mol. The highest BCUT2D eigenvalue weighted by atomic mass is 32.1. The van der Waals surface area contributed by atoms with Crippen LogP contribution in [-0.2, 0) is 13.1 Å². The summed E-state index contributed by atoms with van der Waals surface area (Å²) in [6.45, 7) is 14.6. The fourth-order valence-corrected chi connectivity index (χ4v) is 3.15. The largest absolute Gasteiger partial charge is 0.312 e. The van der Waals surface area contributed by atoms with E-state index in [4.69, 9.17) is 0 Å². The van der Waals surface area contributed by atoms with Crippen LogP contribution in [0.2, 0.25) is 0 Å². The molecule has 3 heteroatoms. The molecule has 2 nitrogen and oxygen atoms in total. The minimum atomic E-state index is 1.03. The van der Waals surface area contributed by atoms with Gasteiger partial charge in [-0.1, -0.05) is 20.8 Å². The molecule has 1 rings (SSSR count). The van der Waals surface area contributed by atoms with Crippen LogP contribution in [0.4, 0.5) is 0 Å². The molecule has 0 spiro atoms. The second-order valence-corrected chi connectivity index (χ2v) is 6.18. The number of hydrogen-bond donors (Lipinski definition) is 1. The smallest absolute Gasteiger partial charge is 0.0299 e. The first-order valence-corrected chi connectivity index (χ1v) is 8.04. The van der Waals surface area contributed by atoms with Crippen molar-refractivity contribution in [2.24, 2.45) is 0 Å². The SMILES string of the molecule is CCCNCc1cc(CN(CC)CCC)c(C)s1. The lowest BCUT2D eigenvalue weighted by Gasteiger charge is -2.19. The monoisotopic (exact) mass is 268 g/mol. The summed E-state index contributed by atoms with van der Waals surface area (Å²) in [6.07, 6.45) is 2.44. The summed E-state index contributed by atoms with van der Waals surface area (Å²) in [5, 5.41) is 3.48. The number of thiophene rings is 1. The van der Waals surface area contributed by atoms with E-state index in [0.29, 0.717) is 0 Å². The third-order valence-electron chi connectivity index (χ3n) is 3.18. The van der Waals surface area contributed by atoms with Crippen LogP contribution in [0.15, 0.2) is 6.07 Å². The van der Waals surface area contributed by atoms with Crippen molar-refractivity contribution in [1.82, 2.24) is 10.2 Å². The molecule has 1 aromatic rings. The van der Waals surface area contributed by atoms with E-state index < -0.39 is 0 Å². The predicted octanol–water partition coefficient (Wildman–Crippen LogP) is 3.79. The molecule has 0 radical (unpaired) electrons. The van der Waals surface area contributed by atoms with E-state index in [2.05, 4.69) is 44.0 Å². The quantitative estimate of drug-likeness (QED) is 0.686. The van der Waals surface area contributed by atoms with Gasteiger partial charge in [0.05, 0.1) is 0 Å².